The molecule has 0 bridgehead atoms. The van der Waals surface area contributed by atoms with Crippen molar-refractivity contribution in [3.8, 4) is 11.5 Å². The number of amides is 2. The lowest BCUT2D eigenvalue weighted by Crippen LogP contribution is -2.47. The molecule has 0 fully saturated rings. The lowest BCUT2D eigenvalue weighted by Gasteiger charge is -2.19. The molecule has 0 heterocycles. The molecule has 0 unspecified atom stereocenters. The molecule has 2 aromatic carbocycles. The summed E-state index contributed by atoms with van der Waals surface area (Å²) in [6, 6.07) is 13.1. The van der Waals surface area contributed by atoms with E-state index in [4.69, 9.17) is 14.6 Å². The number of carbonyl (C=O) groups excluding carboxylic acids is 2. The van der Waals surface area contributed by atoms with Gasteiger partial charge in [0.25, 0.3) is 11.8 Å². The van der Waals surface area contributed by atoms with Gasteiger partial charge in [0.05, 0.1) is 6.21 Å². The average Bonchev–Trinajstić information content (AvgIpc) is 2.77. The monoisotopic (exact) mass is 455 g/mol. The molecule has 0 saturated carbocycles. The van der Waals surface area contributed by atoms with Gasteiger partial charge in [-0.15, -0.1) is 0 Å². The van der Waals surface area contributed by atoms with Crippen molar-refractivity contribution in [1.29, 1.82) is 0 Å². The molecule has 0 saturated heterocycles. The van der Waals surface area contributed by atoms with Crippen LogP contribution in [0.5, 0.6) is 11.5 Å². The number of carboxylic acids is 1. The van der Waals surface area contributed by atoms with E-state index in [9.17, 15) is 14.4 Å². The van der Waals surface area contributed by atoms with Crippen LogP contribution in [0.3, 0.4) is 0 Å². The summed E-state index contributed by atoms with van der Waals surface area (Å²) in [5.74, 6) is -0.716. The first-order chi connectivity index (χ1) is 15.7. The molecule has 0 aromatic heterocycles. The Morgan fingerprint density at radius 2 is 1.73 bits per heavy atom. The number of carboxylic acid groups (broad SMARTS) is 1. The third kappa shape index (κ3) is 9.42. The second kappa shape index (κ2) is 12.8. The molecule has 0 aliphatic rings. The van der Waals surface area contributed by atoms with Gasteiger partial charge in [0.15, 0.2) is 13.2 Å². The Bertz CT molecular complexity index is 972. The second-order valence-electron chi connectivity index (χ2n) is 7.79. The Labute approximate surface area is 192 Å². The van der Waals surface area contributed by atoms with Crippen molar-refractivity contribution in [3.63, 3.8) is 0 Å². The number of hydrogen-bond acceptors (Lipinski definition) is 6. The van der Waals surface area contributed by atoms with E-state index < -0.39 is 30.4 Å². The largest absolute Gasteiger partial charge is 0.484 e. The lowest BCUT2D eigenvalue weighted by atomic mass is 10.0. The minimum Gasteiger partial charge on any atom is -0.484 e. The summed E-state index contributed by atoms with van der Waals surface area (Å²) < 4.78 is 10.6. The number of aliphatic carboxylic acids is 1. The standard InChI is InChI=1S/C24H29N3O6/c1-16(2)12-20(26-22(28)14-33-21-7-5-4-6-17(21)3)24(31)27-25-13-18-8-10-19(11-9-18)32-15-23(29)30/h4-11,13,16,20H,12,14-15H2,1-3H3,(H,26,28)(H,27,31)(H,29,30)/b25-13-/t20-/m1/s1. The third-order valence-corrected chi connectivity index (χ3v) is 4.44. The quantitative estimate of drug-likeness (QED) is 0.333. The van der Waals surface area contributed by atoms with Gasteiger partial charge in [0.1, 0.15) is 17.5 Å². The van der Waals surface area contributed by atoms with Crippen molar-refractivity contribution in [2.75, 3.05) is 13.2 Å². The van der Waals surface area contributed by atoms with Crippen LogP contribution in [0.1, 0.15) is 31.4 Å². The zero-order valence-corrected chi connectivity index (χ0v) is 18.9. The van der Waals surface area contributed by atoms with E-state index in [0.29, 0.717) is 23.5 Å². The van der Waals surface area contributed by atoms with Crippen LogP contribution in [0.2, 0.25) is 0 Å². The fourth-order valence-corrected chi connectivity index (χ4v) is 2.84. The van der Waals surface area contributed by atoms with Crippen LogP contribution in [0.4, 0.5) is 0 Å². The predicted octanol–water partition coefficient (Wildman–Crippen LogP) is 2.52. The zero-order valence-electron chi connectivity index (χ0n) is 18.9. The average molecular weight is 456 g/mol. The van der Waals surface area contributed by atoms with Crippen molar-refractivity contribution in [2.24, 2.45) is 11.0 Å². The molecule has 3 N–H and O–H groups in total. The van der Waals surface area contributed by atoms with Gasteiger partial charge in [-0.2, -0.15) is 5.10 Å². The normalized spacial score (nSPS) is 11.8. The maximum Gasteiger partial charge on any atom is 0.341 e. The number of para-hydroxylation sites is 1. The van der Waals surface area contributed by atoms with Crippen molar-refractivity contribution in [1.82, 2.24) is 10.7 Å². The zero-order chi connectivity index (χ0) is 24.2. The van der Waals surface area contributed by atoms with E-state index in [1.807, 2.05) is 39.0 Å². The summed E-state index contributed by atoms with van der Waals surface area (Å²) in [4.78, 5) is 35.5. The minimum atomic E-state index is -1.06. The molecule has 0 aliphatic carbocycles. The topological polar surface area (TPSA) is 126 Å². The Morgan fingerprint density at radius 3 is 2.36 bits per heavy atom. The number of ether oxygens (including phenoxy) is 2. The van der Waals surface area contributed by atoms with Gasteiger partial charge in [-0.05, 0) is 60.7 Å². The molecule has 2 aromatic rings. The number of nitrogens with one attached hydrogen (secondary N) is 2. The van der Waals surface area contributed by atoms with Gasteiger partial charge in [-0.1, -0.05) is 32.0 Å². The number of hydrazone groups is 1. The molecule has 9 nitrogen and oxygen atoms in total. The molecule has 0 aliphatic heterocycles. The molecule has 0 spiro atoms. The molecule has 0 radical (unpaired) electrons. The highest BCUT2D eigenvalue weighted by atomic mass is 16.5. The summed E-state index contributed by atoms with van der Waals surface area (Å²) in [5.41, 5.74) is 4.04. The first-order valence-corrected chi connectivity index (χ1v) is 10.5. The predicted molar refractivity (Wildman–Crippen MR) is 123 cm³/mol. The first-order valence-electron chi connectivity index (χ1n) is 10.5. The number of carbonyl (C=O) groups is 3. The van der Waals surface area contributed by atoms with E-state index in [1.54, 1.807) is 30.3 Å². The molecule has 1 atom stereocenters. The second-order valence-corrected chi connectivity index (χ2v) is 7.79. The van der Waals surface area contributed by atoms with E-state index in [0.717, 1.165) is 5.56 Å². The van der Waals surface area contributed by atoms with Crippen LogP contribution in [0.15, 0.2) is 53.6 Å². The van der Waals surface area contributed by atoms with E-state index in [1.165, 1.54) is 6.21 Å². The first kappa shape index (κ1) is 25.4. The van der Waals surface area contributed by atoms with Crippen LogP contribution < -0.4 is 20.2 Å². The van der Waals surface area contributed by atoms with Crippen molar-refractivity contribution >= 4 is 24.0 Å². The number of rotatable bonds is 12. The molecular formula is C24H29N3O6. The Morgan fingerprint density at radius 1 is 1.03 bits per heavy atom. The van der Waals surface area contributed by atoms with Gasteiger partial charge >= 0.3 is 5.97 Å². The van der Waals surface area contributed by atoms with Gasteiger partial charge < -0.3 is 19.9 Å². The van der Waals surface area contributed by atoms with Crippen LogP contribution in [-0.4, -0.2) is 48.4 Å². The molecule has 176 valence electrons. The smallest absolute Gasteiger partial charge is 0.341 e. The SMILES string of the molecule is Cc1ccccc1OCC(=O)N[C@H](CC(C)C)C(=O)N/N=C\c1ccc(OCC(=O)O)cc1. The van der Waals surface area contributed by atoms with Gasteiger partial charge in [-0.25, -0.2) is 10.2 Å². The van der Waals surface area contributed by atoms with Crippen LogP contribution in [-0.2, 0) is 14.4 Å². The van der Waals surface area contributed by atoms with E-state index in [-0.39, 0.29) is 12.5 Å². The van der Waals surface area contributed by atoms with Crippen LogP contribution >= 0.6 is 0 Å². The van der Waals surface area contributed by atoms with Crippen LogP contribution in [0.25, 0.3) is 0 Å². The molecular weight excluding hydrogens is 426 g/mol. The van der Waals surface area contributed by atoms with Gasteiger partial charge in [0.2, 0.25) is 0 Å². The van der Waals surface area contributed by atoms with E-state index in [2.05, 4.69) is 15.8 Å². The molecule has 2 amide bonds. The summed E-state index contributed by atoms with van der Waals surface area (Å²) in [6.07, 6.45) is 1.88. The number of hydrogen-bond donors (Lipinski definition) is 3. The number of benzene rings is 2. The maximum atomic E-state index is 12.6. The summed E-state index contributed by atoms with van der Waals surface area (Å²) in [7, 11) is 0. The molecule has 2 rings (SSSR count). The lowest BCUT2D eigenvalue weighted by molar-refractivity contribution is -0.139. The fraction of sp³-hybridized carbons (Fsp3) is 0.333. The number of aryl methyl sites for hydroxylation is 1. The molecule has 33 heavy (non-hydrogen) atoms. The third-order valence-electron chi connectivity index (χ3n) is 4.44. The molecule has 9 heteroatoms. The van der Waals surface area contributed by atoms with Crippen molar-refractivity contribution in [3.05, 3.63) is 59.7 Å². The summed E-state index contributed by atoms with van der Waals surface area (Å²) >= 11 is 0. The number of nitrogens with zero attached hydrogens (tertiary/aromatic N) is 1. The maximum absolute atomic E-state index is 12.6. The summed E-state index contributed by atoms with van der Waals surface area (Å²) in [5, 5.41) is 15.3. The van der Waals surface area contributed by atoms with Crippen LogP contribution in [0, 0.1) is 12.8 Å². The van der Waals surface area contributed by atoms with Crippen molar-refractivity contribution in [2.45, 2.75) is 33.2 Å². The van der Waals surface area contributed by atoms with Gasteiger partial charge in [-0.3, -0.25) is 9.59 Å². The highest BCUT2D eigenvalue weighted by molar-refractivity contribution is 5.89. The Hall–Kier alpha value is -3.88. The Kier molecular flexibility index (Phi) is 9.88. The minimum absolute atomic E-state index is 0.167. The fourth-order valence-electron chi connectivity index (χ4n) is 2.84. The Balaban J connectivity index is 1.89. The van der Waals surface area contributed by atoms with E-state index >= 15 is 0 Å². The highest BCUT2D eigenvalue weighted by Crippen LogP contribution is 2.16. The summed E-state index contributed by atoms with van der Waals surface area (Å²) in [6.45, 7) is 5.16. The van der Waals surface area contributed by atoms with Crippen molar-refractivity contribution < 1.29 is 29.0 Å². The highest BCUT2D eigenvalue weighted by Gasteiger charge is 2.22. The van der Waals surface area contributed by atoms with Gasteiger partial charge in [0, 0.05) is 0 Å².